The molecular formula is C24H24FN3O4S. The number of nitrogens with zero attached hydrogens (tertiary/aromatic N) is 2. The van der Waals surface area contributed by atoms with Crippen LogP contribution < -0.4 is 10.9 Å². The number of carbonyl (C=O) groups excluding carboxylic acids is 1. The van der Waals surface area contributed by atoms with Gasteiger partial charge in [-0.25, -0.2) is 9.37 Å². The van der Waals surface area contributed by atoms with Crippen molar-refractivity contribution < 1.29 is 18.3 Å². The van der Waals surface area contributed by atoms with E-state index in [-0.39, 0.29) is 28.9 Å². The summed E-state index contributed by atoms with van der Waals surface area (Å²) in [6.07, 6.45) is 0.701. The highest BCUT2D eigenvalue weighted by atomic mass is 32.2. The van der Waals surface area contributed by atoms with Crippen LogP contribution in [0.3, 0.4) is 0 Å². The molecule has 4 aromatic rings. The third-order valence-corrected chi connectivity index (χ3v) is 5.84. The molecule has 2 heterocycles. The van der Waals surface area contributed by atoms with Crippen LogP contribution in [0.15, 0.2) is 62.9 Å². The van der Waals surface area contributed by atoms with E-state index < -0.39 is 5.82 Å². The van der Waals surface area contributed by atoms with Crippen LogP contribution in [0.25, 0.3) is 22.1 Å². The Labute approximate surface area is 193 Å². The van der Waals surface area contributed by atoms with Crippen LogP contribution in [0.1, 0.15) is 20.3 Å². The van der Waals surface area contributed by atoms with Crippen molar-refractivity contribution in [1.29, 1.82) is 0 Å². The zero-order valence-electron chi connectivity index (χ0n) is 18.3. The summed E-state index contributed by atoms with van der Waals surface area (Å²) in [5.41, 5.74) is 1.31. The Morgan fingerprint density at radius 2 is 2.06 bits per heavy atom. The molecule has 0 aliphatic heterocycles. The van der Waals surface area contributed by atoms with Crippen LogP contribution in [0.5, 0.6) is 0 Å². The van der Waals surface area contributed by atoms with Crippen LogP contribution >= 0.6 is 11.8 Å². The Morgan fingerprint density at radius 1 is 1.24 bits per heavy atom. The average molecular weight is 470 g/mol. The second-order valence-corrected chi connectivity index (χ2v) is 8.69. The smallest absolute Gasteiger partial charge is 0.297 e. The van der Waals surface area contributed by atoms with Crippen molar-refractivity contribution in [2.45, 2.75) is 38.1 Å². The first-order valence-corrected chi connectivity index (χ1v) is 11.6. The summed E-state index contributed by atoms with van der Waals surface area (Å²) in [6, 6.07) is 13.0. The maximum Gasteiger partial charge on any atom is 0.297 e. The van der Waals surface area contributed by atoms with Gasteiger partial charge in [0.2, 0.25) is 11.5 Å². The number of benzene rings is 2. The fraction of sp³-hybridized carbons (Fsp3) is 0.292. The second-order valence-electron chi connectivity index (χ2n) is 7.75. The summed E-state index contributed by atoms with van der Waals surface area (Å²) >= 11 is 1.15. The number of rotatable bonds is 9. The minimum atomic E-state index is -0.433. The number of carbonyl (C=O) groups is 1. The molecule has 0 saturated carbocycles. The van der Waals surface area contributed by atoms with Crippen LogP contribution in [0.2, 0.25) is 0 Å². The van der Waals surface area contributed by atoms with E-state index in [1.165, 1.54) is 22.8 Å². The van der Waals surface area contributed by atoms with Crippen molar-refractivity contribution in [2.24, 2.45) is 0 Å². The van der Waals surface area contributed by atoms with E-state index in [2.05, 4.69) is 10.3 Å². The molecule has 7 nitrogen and oxygen atoms in total. The lowest BCUT2D eigenvalue weighted by Crippen LogP contribution is -2.24. The summed E-state index contributed by atoms with van der Waals surface area (Å²) in [5, 5.41) is 3.82. The zero-order chi connectivity index (χ0) is 23.4. The highest BCUT2D eigenvalue weighted by Gasteiger charge is 2.18. The molecule has 0 aliphatic carbocycles. The third kappa shape index (κ3) is 5.43. The molecule has 0 spiro atoms. The highest BCUT2D eigenvalue weighted by molar-refractivity contribution is 7.99. The summed E-state index contributed by atoms with van der Waals surface area (Å²) < 4.78 is 26.3. The molecule has 1 amide bonds. The van der Waals surface area contributed by atoms with Gasteiger partial charge in [0, 0.05) is 24.2 Å². The molecular weight excluding hydrogens is 445 g/mol. The molecule has 4 rings (SSSR count). The van der Waals surface area contributed by atoms with Crippen molar-refractivity contribution in [1.82, 2.24) is 9.55 Å². The Kier molecular flexibility index (Phi) is 7.10. The third-order valence-electron chi connectivity index (χ3n) is 4.87. The van der Waals surface area contributed by atoms with E-state index >= 15 is 0 Å². The predicted molar refractivity (Wildman–Crippen MR) is 127 cm³/mol. The quantitative estimate of drug-likeness (QED) is 0.215. The topological polar surface area (TPSA) is 86.4 Å². The lowest BCUT2D eigenvalue weighted by molar-refractivity contribution is -0.113. The van der Waals surface area contributed by atoms with Gasteiger partial charge in [0.1, 0.15) is 16.9 Å². The number of halogens is 1. The van der Waals surface area contributed by atoms with Gasteiger partial charge in [-0.3, -0.25) is 14.2 Å². The Morgan fingerprint density at radius 3 is 2.85 bits per heavy atom. The number of thioether (sulfide) groups is 1. The van der Waals surface area contributed by atoms with Gasteiger partial charge in [-0.05, 0) is 50.6 Å². The molecule has 0 fully saturated rings. The van der Waals surface area contributed by atoms with Gasteiger partial charge in [-0.1, -0.05) is 30.0 Å². The van der Waals surface area contributed by atoms with Gasteiger partial charge in [-0.2, -0.15) is 0 Å². The van der Waals surface area contributed by atoms with Crippen molar-refractivity contribution in [3.8, 4) is 0 Å². The van der Waals surface area contributed by atoms with Gasteiger partial charge in [0.15, 0.2) is 5.16 Å². The van der Waals surface area contributed by atoms with Crippen molar-refractivity contribution >= 4 is 45.4 Å². The second kappa shape index (κ2) is 10.2. The largest absolute Gasteiger partial charge is 0.448 e. The van der Waals surface area contributed by atoms with Crippen LogP contribution in [-0.2, 0) is 16.1 Å². The molecule has 0 unspecified atom stereocenters. The van der Waals surface area contributed by atoms with Crippen LogP contribution in [-0.4, -0.2) is 33.9 Å². The van der Waals surface area contributed by atoms with E-state index in [1.54, 1.807) is 12.1 Å². The summed E-state index contributed by atoms with van der Waals surface area (Å²) in [5.74, 6) is -0.754. The van der Waals surface area contributed by atoms with Crippen molar-refractivity contribution in [3.63, 3.8) is 0 Å². The molecule has 2 aromatic carbocycles. The molecule has 1 N–H and O–H groups in total. The number of aromatic nitrogens is 2. The summed E-state index contributed by atoms with van der Waals surface area (Å²) in [6.45, 7) is 4.77. The molecule has 33 heavy (non-hydrogen) atoms. The first kappa shape index (κ1) is 23.0. The Hall–Kier alpha value is -3.17. The lowest BCUT2D eigenvalue weighted by atomic mass is 10.2. The molecule has 0 atom stereocenters. The number of para-hydroxylation sites is 1. The fourth-order valence-corrected chi connectivity index (χ4v) is 4.21. The number of furan rings is 1. The Balaban J connectivity index is 1.60. The minimum absolute atomic E-state index is 0.00668. The molecule has 0 radical (unpaired) electrons. The van der Waals surface area contributed by atoms with E-state index in [0.29, 0.717) is 41.5 Å². The average Bonchev–Trinajstić information content (AvgIpc) is 3.15. The SMILES string of the molecule is CC(C)OCCCn1c(SCC(=O)Nc2cccc(F)c2)nc2c(oc3ccccc32)c1=O. The number of ether oxygens (including phenoxy) is 1. The number of hydrogen-bond donors (Lipinski definition) is 1. The minimum Gasteiger partial charge on any atom is -0.448 e. The van der Waals surface area contributed by atoms with E-state index in [9.17, 15) is 14.0 Å². The van der Waals surface area contributed by atoms with Gasteiger partial charge in [0.05, 0.1) is 11.9 Å². The zero-order valence-corrected chi connectivity index (χ0v) is 19.2. The van der Waals surface area contributed by atoms with E-state index in [4.69, 9.17) is 9.15 Å². The maximum atomic E-state index is 13.4. The molecule has 0 aliphatic rings. The van der Waals surface area contributed by atoms with Gasteiger partial charge >= 0.3 is 0 Å². The van der Waals surface area contributed by atoms with Gasteiger partial charge < -0.3 is 14.5 Å². The predicted octanol–water partition coefficient (Wildman–Crippen LogP) is 4.83. The maximum absolute atomic E-state index is 13.4. The van der Waals surface area contributed by atoms with Crippen molar-refractivity contribution in [3.05, 3.63) is 64.7 Å². The van der Waals surface area contributed by atoms with Gasteiger partial charge in [0.25, 0.3) is 5.56 Å². The summed E-state index contributed by atoms with van der Waals surface area (Å²) in [7, 11) is 0. The van der Waals surface area contributed by atoms with Crippen molar-refractivity contribution in [2.75, 3.05) is 17.7 Å². The first-order chi connectivity index (χ1) is 15.9. The molecule has 9 heteroatoms. The lowest BCUT2D eigenvalue weighted by Gasteiger charge is -2.13. The summed E-state index contributed by atoms with van der Waals surface area (Å²) in [4.78, 5) is 30.4. The number of amides is 1. The van der Waals surface area contributed by atoms with Gasteiger partial charge in [-0.15, -0.1) is 0 Å². The number of hydrogen-bond acceptors (Lipinski definition) is 6. The number of anilines is 1. The van der Waals surface area contributed by atoms with E-state index in [0.717, 1.165) is 17.1 Å². The highest BCUT2D eigenvalue weighted by Crippen LogP contribution is 2.27. The Bertz CT molecular complexity index is 1350. The molecule has 172 valence electrons. The van der Waals surface area contributed by atoms with E-state index in [1.807, 2.05) is 32.0 Å². The first-order valence-electron chi connectivity index (χ1n) is 10.6. The molecule has 0 saturated heterocycles. The number of fused-ring (bicyclic) bond motifs is 3. The van der Waals surface area contributed by atoms with Crippen LogP contribution in [0, 0.1) is 5.82 Å². The monoisotopic (exact) mass is 469 g/mol. The van der Waals surface area contributed by atoms with Crippen LogP contribution in [0.4, 0.5) is 10.1 Å². The fourth-order valence-electron chi connectivity index (χ4n) is 3.40. The molecule has 0 bridgehead atoms. The number of nitrogens with one attached hydrogen (secondary N) is 1. The normalized spacial score (nSPS) is 11.5. The molecule has 2 aromatic heterocycles. The standard InChI is InChI=1S/C24H24FN3O4S/c1-15(2)31-12-6-11-28-23(30)22-21(18-9-3-4-10-19(18)32-22)27-24(28)33-14-20(29)26-17-8-5-7-16(25)13-17/h3-5,7-10,13,15H,6,11-12,14H2,1-2H3,(H,26,29).